The summed E-state index contributed by atoms with van der Waals surface area (Å²) < 4.78 is 38.9. The topological polar surface area (TPSA) is 103 Å². The molecule has 2 saturated heterocycles. The van der Waals surface area contributed by atoms with Gasteiger partial charge in [0.15, 0.2) is 11.5 Å². The predicted octanol–water partition coefficient (Wildman–Crippen LogP) is 2.00. The zero-order valence-corrected chi connectivity index (χ0v) is 20.2. The molecule has 1 atom stereocenters. The summed E-state index contributed by atoms with van der Waals surface area (Å²) >= 11 is 0. The minimum Gasteiger partial charge on any atom is -0.486 e. The van der Waals surface area contributed by atoms with Crippen LogP contribution in [0.4, 0.5) is 0 Å². The van der Waals surface area contributed by atoms with E-state index in [4.69, 9.17) is 9.47 Å². The molecule has 0 aliphatic carbocycles. The van der Waals surface area contributed by atoms with Gasteiger partial charge >= 0.3 is 0 Å². The van der Waals surface area contributed by atoms with E-state index in [1.807, 2.05) is 34.1 Å². The molecule has 0 N–H and O–H groups in total. The second kappa shape index (κ2) is 9.85. The Balaban J connectivity index is 1.21. The Labute approximate surface area is 205 Å². The van der Waals surface area contributed by atoms with Crippen LogP contribution in [0, 0.1) is 11.3 Å². The zero-order valence-electron chi connectivity index (χ0n) is 19.4. The highest BCUT2D eigenvalue weighted by Crippen LogP contribution is 2.38. The van der Waals surface area contributed by atoms with Crippen molar-refractivity contribution < 1.29 is 22.7 Å². The van der Waals surface area contributed by atoms with Gasteiger partial charge in [0.1, 0.15) is 19.3 Å². The summed E-state index contributed by atoms with van der Waals surface area (Å²) in [5, 5.41) is 9.29. The van der Waals surface area contributed by atoms with E-state index in [1.54, 1.807) is 12.1 Å². The first-order chi connectivity index (χ1) is 17.0. The van der Waals surface area contributed by atoms with Crippen molar-refractivity contribution in [3.8, 4) is 17.6 Å². The Hall–Kier alpha value is -3.13. The highest BCUT2D eigenvalue weighted by atomic mass is 32.2. The average molecular weight is 497 g/mol. The molecule has 2 aromatic rings. The lowest BCUT2D eigenvalue weighted by Gasteiger charge is -2.35. The molecule has 0 bridgehead atoms. The molecule has 2 fully saturated rings. The van der Waals surface area contributed by atoms with Gasteiger partial charge in [-0.3, -0.25) is 9.69 Å². The molecule has 184 valence electrons. The van der Waals surface area contributed by atoms with Crippen LogP contribution < -0.4 is 9.47 Å². The second-order valence-electron chi connectivity index (χ2n) is 8.94. The molecule has 3 heterocycles. The first-order valence-corrected chi connectivity index (χ1v) is 13.3. The highest BCUT2D eigenvalue weighted by molar-refractivity contribution is 7.89. The number of sulfonamides is 1. The lowest BCUT2D eigenvalue weighted by molar-refractivity contribution is -0.133. The summed E-state index contributed by atoms with van der Waals surface area (Å²) in [6.45, 7) is 3.50. The van der Waals surface area contributed by atoms with Crippen LogP contribution in [0.1, 0.15) is 30.0 Å². The summed E-state index contributed by atoms with van der Waals surface area (Å²) in [5.41, 5.74) is 1.19. The highest BCUT2D eigenvalue weighted by Gasteiger charge is 2.34. The minimum atomic E-state index is -3.76. The van der Waals surface area contributed by atoms with Crippen molar-refractivity contribution in [1.29, 1.82) is 5.26 Å². The van der Waals surface area contributed by atoms with Gasteiger partial charge in [-0.25, -0.2) is 8.42 Å². The molecule has 10 heteroatoms. The SMILES string of the molecule is N#Cc1ccccc1S(=O)(=O)N1CCN(CC(=O)N2CCC[C@@H]2c2ccc3c(c2)OCCO3)CC1. The predicted molar refractivity (Wildman–Crippen MR) is 127 cm³/mol. The Morgan fingerprint density at radius 2 is 1.74 bits per heavy atom. The molecule has 5 rings (SSSR count). The van der Waals surface area contributed by atoms with E-state index in [-0.39, 0.29) is 42.0 Å². The second-order valence-corrected chi connectivity index (χ2v) is 10.8. The number of carbonyl (C=O) groups excluding carboxylic acids is 1. The normalized spacial score (nSPS) is 21.0. The number of hydrogen-bond donors (Lipinski definition) is 0. The third-order valence-corrected chi connectivity index (χ3v) is 8.80. The molecule has 0 unspecified atom stereocenters. The molecule has 3 aliphatic rings. The number of ether oxygens (including phenoxy) is 2. The van der Waals surface area contributed by atoms with Crippen LogP contribution in [0.15, 0.2) is 47.4 Å². The summed E-state index contributed by atoms with van der Waals surface area (Å²) in [4.78, 5) is 17.2. The minimum absolute atomic E-state index is 0.00229. The summed E-state index contributed by atoms with van der Waals surface area (Å²) in [6, 6.07) is 14.1. The fourth-order valence-electron chi connectivity index (χ4n) is 5.01. The van der Waals surface area contributed by atoms with Crippen LogP contribution in [0.25, 0.3) is 0 Å². The Morgan fingerprint density at radius 1 is 1.00 bits per heavy atom. The molecule has 0 radical (unpaired) electrons. The molecule has 0 spiro atoms. The van der Waals surface area contributed by atoms with E-state index < -0.39 is 10.0 Å². The van der Waals surface area contributed by atoms with Crippen LogP contribution in [0.5, 0.6) is 11.5 Å². The van der Waals surface area contributed by atoms with Gasteiger partial charge in [-0.15, -0.1) is 0 Å². The van der Waals surface area contributed by atoms with Crippen LogP contribution in [0.2, 0.25) is 0 Å². The Morgan fingerprint density at radius 3 is 2.51 bits per heavy atom. The van der Waals surface area contributed by atoms with Crippen LogP contribution in [0.3, 0.4) is 0 Å². The van der Waals surface area contributed by atoms with Crippen molar-refractivity contribution >= 4 is 15.9 Å². The van der Waals surface area contributed by atoms with Crippen LogP contribution in [-0.4, -0.2) is 80.9 Å². The van der Waals surface area contributed by atoms with Crippen molar-refractivity contribution in [2.75, 3.05) is 52.5 Å². The molecular formula is C25H28N4O5S. The number of likely N-dealkylation sites (tertiary alicyclic amines) is 1. The van der Waals surface area contributed by atoms with Crippen LogP contribution in [-0.2, 0) is 14.8 Å². The van der Waals surface area contributed by atoms with Gasteiger partial charge in [0.25, 0.3) is 0 Å². The van der Waals surface area contributed by atoms with Crippen molar-refractivity contribution in [3.63, 3.8) is 0 Å². The molecule has 0 aromatic heterocycles. The van der Waals surface area contributed by atoms with Gasteiger partial charge < -0.3 is 14.4 Å². The fraction of sp³-hybridized carbons (Fsp3) is 0.440. The van der Waals surface area contributed by atoms with E-state index in [2.05, 4.69) is 0 Å². The molecule has 35 heavy (non-hydrogen) atoms. The summed E-state index contributed by atoms with van der Waals surface area (Å²) in [6.07, 6.45) is 1.84. The lowest BCUT2D eigenvalue weighted by Crippen LogP contribution is -2.51. The third kappa shape index (κ3) is 4.72. The number of carbonyl (C=O) groups is 1. The maximum Gasteiger partial charge on any atom is 0.244 e. The Bertz CT molecular complexity index is 1250. The van der Waals surface area contributed by atoms with E-state index in [0.29, 0.717) is 32.8 Å². The van der Waals surface area contributed by atoms with Gasteiger partial charge in [-0.1, -0.05) is 18.2 Å². The molecule has 9 nitrogen and oxygen atoms in total. The van der Waals surface area contributed by atoms with Gasteiger partial charge in [0.2, 0.25) is 15.9 Å². The summed E-state index contributed by atoms with van der Waals surface area (Å²) in [7, 11) is -3.76. The lowest BCUT2D eigenvalue weighted by atomic mass is 10.0. The van der Waals surface area contributed by atoms with Gasteiger partial charge in [0.05, 0.1) is 23.0 Å². The van der Waals surface area contributed by atoms with E-state index >= 15 is 0 Å². The van der Waals surface area contributed by atoms with E-state index in [1.165, 1.54) is 16.4 Å². The van der Waals surface area contributed by atoms with Crippen molar-refractivity contribution in [1.82, 2.24) is 14.1 Å². The number of benzene rings is 2. The van der Waals surface area contributed by atoms with Crippen molar-refractivity contribution in [2.24, 2.45) is 0 Å². The number of rotatable bonds is 5. The molecule has 2 aromatic carbocycles. The van der Waals surface area contributed by atoms with E-state index in [9.17, 15) is 18.5 Å². The molecular weight excluding hydrogens is 468 g/mol. The number of piperazine rings is 1. The maximum absolute atomic E-state index is 13.2. The van der Waals surface area contributed by atoms with Crippen LogP contribution >= 0.6 is 0 Å². The number of fused-ring (bicyclic) bond motifs is 1. The quantitative estimate of drug-likeness (QED) is 0.624. The molecule has 1 amide bonds. The van der Waals surface area contributed by atoms with Gasteiger partial charge in [-0.05, 0) is 42.7 Å². The first-order valence-electron chi connectivity index (χ1n) is 11.9. The van der Waals surface area contributed by atoms with Gasteiger partial charge in [-0.2, -0.15) is 9.57 Å². The number of hydrogen-bond acceptors (Lipinski definition) is 7. The average Bonchev–Trinajstić information content (AvgIpc) is 3.39. The number of nitriles is 1. The largest absolute Gasteiger partial charge is 0.486 e. The van der Waals surface area contributed by atoms with Gasteiger partial charge in [0, 0.05) is 32.7 Å². The van der Waals surface area contributed by atoms with Crippen molar-refractivity contribution in [2.45, 2.75) is 23.8 Å². The Kier molecular flexibility index (Phi) is 6.65. The standard InChI is InChI=1S/C25H28N4O5S/c26-17-20-4-1-2-6-24(20)35(31,32)28-12-10-27(11-13-28)18-25(30)29-9-3-5-21(29)19-7-8-22-23(16-19)34-15-14-33-22/h1-2,4,6-8,16,21H,3,5,9-15,18H2/t21-/m1/s1. The fourth-order valence-corrected chi connectivity index (χ4v) is 6.58. The summed E-state index contributed by atoms with van der Waals surface area (Å²) in [5.74, 6) is 1.51. The smallest absolute Gasteiger partial charge is 0.244 e. The number of amides is 1. The molecule has 3 aliphatic heterocycles. The number of nitrogens with zero attached hydrogens (tertiary/aromatic N) is 4. The zero-order chi connectivity index (χ0) is 24.4. The maximum atomic E-state index is 13.2. The monoisotopic (exact) mass is 496 g/mol. The first kappa shape index (κ1) is 23.6. The molecule has 0 saturated carbocycles. The van der Waals surface area contributed by atoms with Crippen molar-refractivity contribution in [3.05, 3.63) is 53.6 Å². The third-order valence-electron chi connectivity index (χ3n) is 6.84. The van der Waals surface area contributed by atoms with E-state index in [0.717, 1.165) is 29.9 Å².